The molecule has 0 aromatic rings. The van der Waals surface area contributed by atoms with E-state index in [1.807, 2.05) is 0 Å². The van der Waals surface area contributed by atoms with Crippen LogP contribution in [0.1, 0.15) is 19.3 Å². The van der Waals surface area contributed by atoms with E-state index in [9.17, 15) is 0 Å². The molecule has 1 heterocycles. The van der Waals surface area contributed by atoms with E-state index in [1.54, 1.807) is 46.1 Å². The Morgan fingerprint density at radius 3 is 0.917 bits per heavy atom. The molecule has 1 rings (SSSR count). The van der Waals surface area contributed by atoms with Gasteiger partial charge >= 0.3 is 109 Å². The van der Waals surface area contributed by atoms with Crippen LogP contribution in [-0.2, 0) is 0 Å². The first-order chi connectivity index (χ1) is 6.00. The van der Waals surface area contributed by atoms with E-state index >= 15 is 0 Å². The van der Waals surface area contributed by atoms with E-state index in [1.165, 1.54) is 0 Å². The fraction of sp³-hybridized carbons (Fsp3) is 1.00. The molecule has 0 radical (unpaired) electrons. The van der Waals surface area contributed by atoms with Crippen LogP contribution in [0, 0.1) is 0 Å². The second kappa shape index (κ2) is 9.91. The summed E-state index contributed by atoms with van der Waals surface area (Å²) in [5.74, 6) is 0. The third-order valence-electron chi connectivity index (χ3n) is 1.73. The quantitative estimate of drug-likeness (QED) is 0.441. The molecular formula is C9H18Te3. The van der Waals surface area contributed by atoms with Crippen molar-refractivity contribution in [2.75, 3.05) is 0 Å². The topological polar surface area (TPSA) is 0 Å². The fourth-order valence-corrected chi connectivity index (χ4v) is 14.1. The van der Waals surface area contributed by atoms with E-state index in [-0.39, 0.29) is 0 Å². The molecular weight excluding hydrogens is 491 g/mol. The zero-order chi connectivity index (χ0) is 8.49. The first-order valence-electron chi connectivity index (χ1n) is 4.73. The Morgan fingerprint density at radius 2 is 0.667 bits per heavy atom. The summed E-state index contributed by atoms with van der Waals surface area (Å²) in [5, 5.41) is 0. The average molecular weight is 509 g/mol. The van der Waals surface area contributed by atoms with Crippen LogP contribution < -0.4 is 0 Å². The number of hydrogen-bond donors (Lipinski definition) is 0. The van der Waals surface area contributed by atoms with Gasteiger partial charge in [-0.2, -0.15) is 0 Å². The molecule has 72 valence electrons. The SMILES string of the molecule is C1C[Te]CCC[Te]CCC[Te]C1. The Balaban J connectivity index is 2.00. The molecule has 0 aliphatic carbocycles. The van der Waals surface area contributed by atoms with Crippen molar-refractivity contribution in [3.05, 3.63) is 0 Å². The fourth-order valence-electron chi connectivity index (χ4n) is 1.10. The van der Waals surface area contributed by atoms with Gasteiger partial charge in [-0.15, -0.1) is 0 Å². The third kappa shape index (κ3) is 7.74. The van der Waals surface area contributed by atoms with Gasteiger partial charge in [-0.25, -0.2) is 0 Å². The summed E-state index contributed by atoms with van der Waals surface area (Å²) in [5.41, 5.74) is 0. The first kappa shape index (κ1) is 12.4. The van der Waals surface area contributed by atoms with Gasteiger partial charge in [0.15, 0.2) is 0 Å². The van der Waals surface area contributed by atoms with E-state index in [0.29, 0.717) is 62.8 Å². The van der Waals surface area contributed by atoms with Crippen molar-refractivity contribution in [1.29, 1.82) is 0 Å². The molecule has 0 bridgehead atoms. The summed E-state index contributed by atoms with van der Waals surface area (Å²) in [6, 6.07) is 0. The molecule has 3 heteroatoms. The summed E-state index contributed by atoms with van der Waals surface area (Å²) >= 11 is 1.50. The normalized spacial score (nSPS) is 24.0. The maximum atomic E-state index is 1.68. The van der Waals surface area contributed by atoms with Crippen LogP contribution in [-0.4, -0.2) is 62.8 Å². The van der Waals surface area contributed by atoms with Gasteiger partial charge in [0.25, 0.3) is 0 Å². The van der Waals surface area contributed by atoms with Crippen LogP contribution in [0.4, 0.5) is 0 Å². The van der Waals surface area contributed by atoms with Gasteiger partial charge in [0.2, 0.25) is 0 Å². The van der Waals surface area contributed by atoms with Crippen molar-refractivity contribution in [2.45, 2.75) is 46.1 Å². The number of rotatable bonds is 0. The molecule has 0 atom stereocenters. The van der Waals surface area contributed by atoms with Crippen molar-refractivity contribution in [2.24, 2.45) is 0 Å². The minimum atomic E-state index is 0.500. The Morgan fingerprint density at radius 1 is 0.417 bits per heavy atom. The molecule has 0 spiro atoms. The van der Waals surface area contributed by atoms with Crippen molar-refractivity contribution in [1.82, 2.24) is 0 Å². The van der Waals surface area contributed by atoms with Gasteiger partial charge in [0.1, 0.15) is 0 Å². The molecule has 1 saturated heterocycles. The van der Waals surface area contributed by atoms with E-state index in [4.69, 9.17) is 0 Å². The average Bonchev–Trinajstić information content (AvgIpc) is 2.05. The monoisotopic (exact) mass is 516 g/mol. The molecule has 0 nitrogen and oxygen atoms in total. The summed E-state index contributed by atoms with van der Waals surface area (Å²) in [7, 11) is 0. The summed E-state index contributed by atoms with van der Waals surface area (Å²) in [6.45, 7) is 0. The number of hydrogen-bond acceptors (Lipinski definition) is 0. The van der Waals surface area contributed by atoms with Gasteiger partial charge in [-0.05, 0) is 0 Å². The summed E-state index contributed by atoms with van der Waals surface area (Å²) in [4.78, 5) is 0. The van der Waals surface area contributed by atoms with Gasteiger partial charge in [-0.1, -0.05) is 0 Å². The van der Waals surface area contributed by atoms with Crippen molar-refractivity contribution >= 4 is 62.8 Å². The zero-order valence-corrected chi connectivity index (χ0v) is 14.6. The molecule has 12 heavy (non-hydrogen) atoms. The molecule has 0 saturated carbocycles. The van der Waals surface area contributed by atoms with Crippen LogP contribution in [0.25, 0.3) is 0 Å². The van der Waals surface area contributed by atoms with Crippen molar-refractivity contribution in [3.63, 3.8) is 0 Å². The summed E-state index contributed by atoms with van der Waals surface area (Å²) < 4.78 is 10.1. The Bertz CT molecular complexity index is 52.8. The molecule has 1 aliphatic rings. The van der Waals surface area contributed by atoms with E-state index in [0.717, 1.165) is 0 Å². The van der Waals surface area contributed by atoms with Gasteiger partial charge < -0.3 is 0 Å². The van der Waals surface area contributed by atoms with Crippen molar-refractivity contribution in [3.8, 4) is 0 Å². The molecule has 0 amide bonds. The molecule has 1 aliphatic heterocycles. The molecule has 0 N–H and O–H groups in total. The Kier molecular flexibility index (Phi) is 10.3. The third-order valence-corrected chi connectivity index (χ3v) is 11.6. The van der Waals surface area contributed by atoms with Crippen LogP contribution in [0.2, 0.25) is 26.8 Å². The first-order valence-corrected chi connectivity index (χ1v) is 14.6. The van der Waals surface area contributed by atoms with E-state index < -0.39 is 0 Å². The second-order valence-corrected chi connectivity index (χ2v) is 13.4. The Labute approximate surface area is 107 Å². The van der Waals surface area contributed by atoms with Gasteiger partial charge in [-0.3, -0.25) is 0 Å². The van der Waals surface area contributed by atoms with Crippen LogP contribution >= 0.6 is 0 Å². The van der Waals surface area contributed by atoms with Gasteiger partial charge in [0, 0.05) is 0 Å². The molecule has 0 aromatic carbocycles. The molecule has 0 aromatic heterocycles. The van der Waals surface area contributed by atoms with E-state index in [2.05, 4.69) is 0 Å². The molecule has 1 fully saturated rings. The van der Waals surface area contributed by atoms with Crippen LogP contribution in [0.5, 0.6) is 0 Å². The summed E-state index contributed by atoms with van der Waals surface area (Å²) in [6.07, 6.45) is 4.88. The minimum absolute atomic E-state index is 0.500. The Hall–Kier alpha value is 2.37. The second-order valence-electron chi connectivity index (χ2n) is 2.90. The predicted molar refractivity (Wildman–Crippen MR) is 60.0 cm³/mol. The predicted octanol–water partition coefficient (Wildman–Crippen LogP) is 2.79. The standard InChI is InChI=1S/C9H18Te3/c1-4-10-6-2-8-12-9-3-7-11-5-1/h1-9H2. The zero-order valence-electron chi connectivity index (χ0n) is 7.59. The van der Waals surface area contributed by atoms with Crippen LogP contribution in [0.3, 0.4) is 0 Å². The maximum absolute atomic E-state index is 1.68. The van der Waals surface area contributed by atoms with Crippen LogP contribution in [0.15, 0.2) is 0 Å². The van der Waals surface area contributed by atoms with Gasteiger partial charge in [0.05, 0.1) is 0 Å². The van der Waals surface area contributed by atoms with Crippen molar-refractivity contribution < 1.29 is 0 Å². The molecule has 0 unspecified atom stereocenters.